The highest BCUT2D eigenvalue weighted by atomic mass is 32.1. The summed E-state index contributed by atoms with van der Waals surface area (Å²) < 4.78 is 1.19. The fourth-order valence-corrected chi connectivity index (χ4v) is 4.37. The molecule has 0 atom stereocenters. The van der Waals surface area contributed by atoms with Crippen molar-refractivity contribution in [3.63, 3.8) is 0 Å². The molecule has 4 rings (SSSR count). The van der Waals surface area contributed by atoms with Crippen LogP contribution in [0.15, 0.2) is 84.4 Å². The van der Waals surface area contributed by atoms with Crippen LogP contribution in [0.5, 0.6) is 0 Å². The van der Waals surface area contributed by atoms with Crippen molar-refractivity contribution in [3.8, 4) is 0 Å². The molecule has 0 fully saturated rings. The maximum absolute atomic E-state index is 11.5. The van der Waals surface area contributed by atoms with Crippen molar-refractivity contribution in [2.75, 3.05) is 7.05 Å². The van der Waals surface area contributed by atoms with Gasteiger partial charge in [-0.3, -0.25) is 4.79 Å². The molecule has 1 heterocycles. The van der Waals surface area contributed by atoms with Crippen LogP contribution in [0.25, 0.3) is 27.4 Å². The van der Waals surface area contributed by atoms with Gasteiger partial charge in [0.1, 0.15) is 0 Å². The zero-order chi connectivity index (χ0) is 21.6. The summed E-state index contributed by atoms with van der Waals surface area (Å²) in [4.78, 5) is 16.0. The first kappa shape index (κ1) is 20.8. The number of likely N-dealkylation sites (N-methyl/N-ethyl adjacent to an activating group) is 1. The van der Waals surface area contributed by atoms with Crippen LogP contribution in [0.2, 0.25) is 0 Å². The molecule has 0 aliphatic heterocycles. The summed E-state index contributed by atoms with van der Waals surface area (Å²) in [7, 11) is 1.63. The fraction of sp³-hybridized carbons (Fsp3) is 0.111. The van der Waals surface area contributed by atoms with Gasteiger partial charge in [0.25, 0.3) is 0 Å². The smallest absolute Gasteiger partial charge is 0.243 e. The van der Waals surface area contributed by atoms with E-state index in [1.807, 2.05) is 17.7 Å². The second-order valence-corrected chi connectivity index (χ2v) is 8.06. The molecule has 0 unspecified atom stereocenters. The third-order valence-electron chi connectivity index (χ3n) is 5.27. The molecule has 3 aromatic carbocycles. The Hall–Kier alpha value is -3.50. The lowest BCUT2D eigenvalue weighted by atomic mass is 9.88. The molecular weight excluding hydrogens is 400 g/mol. The minimum atomic E-state index is -0.112. The first-order valence-corrected chi connectivity index (χ1v) is 11.2. The van der Waals surface area contributed by atoms with Gasteiger partial charge in [-0.2, -0.15) is 0 Å². The number of hydrogen-bond acceptors (Lipinski definition) is 3. The molecule has 0 bridgehead atoms. The molecule has 3 nitrogen and oxygen atoms in total. The third kappa shape index (κ3) is 4.65. The number of thiazole rings is 1. The van der Waals surface area contributed by atoms with E-state index in [4.69, 9.17) is 0 Å². The largest absolute Gasteiger partial charge is 0.356 e. The topological polar surface area (TPSA) is 42.0 Å². The van der Waals surface area contributed by atoms with Gasteiger partial charge < -0.3 is 5.32 Å². The first-order valence-electron chi connectivity index (χ1n) is 10.3. The fourth-order valence-electron chi connectivity index (χ4n) is 3.71. The molecular formula is C27H24N2OS. The van der Waals surface area contributed by atoms with E-state index in [-0.39, 0.29) is 5.91 Å². The summed E-state index contributed by atoms with van der Waals surface area (Å²) >= 11 is 1.66. The van der Waals surface area contributed by atoms with Gasteiger partial charge in [-0.15, -0.1) is 11.3 Å². The van der Waals surface area contributed by atoms with Crippen LogP contribution in [0.1, 0.15) is 35.6 Å². The van der Waals surface area contributed by atoms with E-state index in [9.17, 15) is 4.79 Å². The van der Waals surface area contributed by atoms with Crippen molar-refractivity contribution in [2.45, 2.75) is 13.3 Å². The maximum atomic E-state index is 11.5. The van der Waals surface area contributed by atoms with E-state index in [1.54, 1.807) is 24.5 Å². The Balaban J connectivity index is 1.85. The highest BCUT2D eigenvalue weighted by molar-refractivity contribution is 7.16. The number of amides is 1. The van der Waals surface area contributed by atoms with E-state index in [0.717, 1.165) is 28.6 Å². The summed E-state index contributed by atoms with van der Waals surface area (Å²) in [5.74, 6) is -0.112. The van der Waals surface area contributed by atoms with Gasteiger partial charge in [0.15, 0.2) is 0 Å². The Morgan fingerprint density at radius 1 is 0.968 bits per heavy atom. The number of benzene rings is 3. The van der Waals surface area contributed by atoms with Crippen molar-refractivity contribution in [2.24, 2.45) is 0 Å². The quantitative estimate of drug-likeness (QED) is 0.286. The standard InChI is InChI=1S/C27H24N2OS/c1-3-23(20-7-5-4-6-8-20)27(22-14-15-25-24(17-22)29-18-31-25)21-12-9-19(10-13-21)11-16-26(30)28-2/h4-18H,3H2,1-2H3,(H,28,30). The van der Waals surface area contributed by atoms with Gasteiger partial charge in [-0.1, -0.05) is 67.6 Å². The SMILES string of the molecule is CCC(=C(c1ccc(C=CC(=O)NC)cc1)c1ccc2scnc2c1)c1ccccc1. The van der Waals surface area contributed by atoms with Gasteiger partial charge in [0.05, 0.1) is 15.7 Å². The Kier molecular flexibility index (Phi) is 6.39. The van der Waals surface area contributed by atoms with Gasteiger partial charge >= 0.3 is 0 Å². The molecule has 0 spiro atoms. The second-order valence-electron chi connectivity index (χ2n) is 7.18. The van der Waals surface area contributed by atoms with E-state index in [2.05, 4.69) is 84.0 Å². The molecule has 0 saturated carbocycles. The number of rotatable bonds is 6. The summed E-state index contributed by atoms with van der Waals surface area (Å²) in [6.07, 6.45) is 4.28. The third-order valence-corrected chi connectivity index (χ3v) is 6.08. The summed E-state index contributed by atoms with van der Waals surface area (Å²) in [6.45, 7) is 2.20. The van der Waals surface area contributed by atoms with Gasteiger partial charge in [-0.25, -0.2) is 4.98 Å². The van der Waals surface area contributed by atoms with Crippen LogP contribution in [0, 0.1) is 0 Å². The Morgan fingerprint density at radius 3 is 2.42 bits per heavy atom. The highest BCUT2D eigenvalue weighted by Crippen LogP contribution is 2.36. The number of aromatic nitrogens is 1. The highest BCUT2D eigenvalue weighted by Gasteiger charge is 2.14. The number of carbonyl (C=O) groups is 1. The monoisotopic (exact) mass is 424 g/mol. The minimum Gasteiger partial charge on any atom is -0.356 e. The lowest BCUT2D eigenvalue weighted by Crippen LogP contribution is -2.13. The van der Waals surface area contributed by atoms with Crippen molar-refractivity contribution < 1.29 is 4.79 Å². The Bertz CT molecular complexity index is 1250. The molecule has 0 aliphatic rings. The average Bonchev–Trinajstić information content (AvgIpc) is 3.30. The lowest BCUT2D eigenvalue weighted by molar-refractivity contribution is -0.115. The van der Waals surface area contributed by atoms with E-state index < -0.39 is 0 Å². The molecule has 0 radical (unpaired) electrons. The van der Waals surface area contributed by atoms with E-state index >= 15 is 0 Å². The van der Waals surface area contributed by atoms with Gasteiger partial charge in [-0.05, 0) is 58.0 Å². The summed E-state index contributed by atoms with van der Waals surface area (Å²) in [5.41, 5.74) is 9.94. The molecule has 154 valence electrons. The molecule has 4 heteroatoms. The van der Waals surface area contributed by atoms with Crippen molar-refractivity contribution in [1.29, 1.82) is 0 Å². The maximum Gasteiger partial charge on any atom is 0.243 e. The van der Waals surface area contributed by atoms with Crippen LogP contribution in [-0.2, 0) is 4.79 Å². The lowest BCUT2D eigenvalue weighted by Gasteiger charge is -2.16. The van der Waals surface area contributed by atoms with Crippen LogP contribution in [0.3, 0.4) is 0 Å². The van der Waals surface area contributed by atoms with Gasteiger partial charge in [0.2, 0.25) is 5.91 Å². The molecule has 1 N–H and O–H groups in total. The number of fused-ring (bicyclic) bond motifs is 1. The van der Waals surface area contributed by atoms with Crippen molar-refractivity contribution in [3.05, 3.63) is 107 Å². The van der Waals surface area contributed by atoms with Crippen LogP contribution >= 0.6 is 11.3 Å². The molecule has 4 aromatic rings. The van der Waals surface area contributed by atoms with Crippen molar-refractivity contribution >= 4 is 44.7 Å². The normalized spacial score (nSPS) is 12.2. The molecule has 31 heavy (non-hydrogen) atoms. The number of hydrogen-bond donors (Lipinski definition) is 1. The second kappa shape index (κ2) is 9.54. The molecule has 0 aliphatic carbocycles. The average molecular weight is 425 g/mol. The predicted octanol–water partition coefficient (Wildman–Crippen LogP) is 6.42. The number of carbonyl (C=O) groups excluding carboxylic acids is 1. The van der Waals surface area contributed by atoms with Crippen LogP contribution < -0.4 is 5.32 Å². The minimum absolute atomic E-state index is 0.112. The van der Waals surface area contributed by atoms with Crippen LogP contribution in [-0.4, -0.2) is 17.9 Å². The number of nitrogens with zero attached hydrogens (tertiary/aromatic N) is 1. The Labute approximate surface area is 186 Å². The van der Waals surface area contributed by atoms with Gasteiger partial charge in [0, 0.05) is 13.1 Å². The molecule has 0 saturated heterocycles. The first-order chi connectivity index (χ1) is 15.2. The number of allylic oxidation sites excluding steroid dienone is 1. The molecule has 1 amide bonds. The van der Waals surface area contributed by atoms with Crippen LogP contribution in [0.4, 0.5) is 0 Å². The zero-order valence-electron chi connectivity index (χ0n) is 17.6. The zero-order valence-corrected chi connectivity index (χ0v) is 18.4. The molecule has 1 aromatic heterocycles. The van der Waals surface area contributed by atoms with E-state index in [1.165, 1.54) is 21.4 Å². The van der Waals surface area contributed by atoms with E-state index in [0.29, 0.717) is 0 Å². The summed E-state index contributed by atoms with van der Waals surface area (Å²) in [6, 6.07) is 25.4. The number of nitrogens with one attached hydrogen (secondary N) is 1. The summed E-state index contributed by atoms with van der Waals surface area (Å²) in [5, 5.41) is 2.60. The van der Waals surface area contributed by atoms with Crippen molar-refractivity contribution in [1.82, 2.24) is 10.3 Å². The predicted molar refractivity (Wildman–Crippen MR) is 132 cm³/mol. The Morgan fingerprint density at radius 2 is 1.71 bits per heavy atom.